The molecule has 0 radical (unpaired) electrons. The van der Waals surface area contributed by atoms with Crippen molar-refractivity contribution in [2.75, 3.05) is 13.7 Å². The Bertz CT molecular complexity index is 440. The quantitative estimate of drug-likeness (QED) is 0.549. The molecule has 0 amide bonds. The summed E-state index contributed by atoms with van der Waals surface area (Å²) in [6, 6.07) is 0. The van der Waals surface area contributed by atoms with Crippen molar-refractivity contribution in [2.45, 2.75) is 52.1 Å². The molecule has 126 valence electrons. The maximum absolute atomic E-state index is 12.2. The van der Waals surface area contributed by atoms with Gasteiger partial charge in [-0.1, -0.05) is 0 Å². The van der Waals surface area contributed by atoms with E-state index in [9.17, 15) is 9.59 Å². The lowest BCUT2D eigenvalue weighted by molar-refractivity contribution is -0.167. The predicted octanol–water partition coefficient (Wildman–Crippen LogP) is 2.25. The van der Waals surface area contributed by atoms with Crippen LogP contribution in [0.2, 0.25) is 19.6 Å². The van der Waals surface area contributed by atoms with Crippen molar-refractivity contribution in [3.63, 3.8) is 0 Å². The third kappa shape index (κ3) is 5.45. The Labute approximate surface area is 132 Å². The van der Waals surface area contributed by atoms with Crippen LogP contribution in [0, 0.1) is 5.92 Å². The predicted molar refractivity (Wildman–Crippen MR) is 83.6 cm³/mol. The van der Waals surface area contributed by atoms with Gasteiger partial charge in [0.2, 0.25) is 8.32 Å². The zero-order valence-corrected chi connectivity index (χ0v) is 15.2. The van der Waals surface area contributed by atoms with Crippen molar-refractivity contribution in [3.8, 4) is 0 Å². The zero-order chi connectivity index (χ0) is 16.9. The van der Waals surface area contributed by atoms with Gasteiger partial charge in [0.1, 0.15) is 12.0 Å². The number of hydrogen-bond acceptors (Lipinski definition) is 6. The Hall–Kier alpha value is -1.34. The Kier molecular flexibility index (Phi) is 6.61. The molecule has 0 bridgehead atoms. The molecule has 0 N–H and O–H groups in total. The fourth-order valence-electron chi connectivity index (χ4n) is 2.43. The summed E-state index contributed by atoms with van der Waals surface area (Å²) in [6.45, 7) is 9.51. The normalized spacial score (nSPS) is 25.2. The van der Waals surface area contributed by atoms with Crippen LogP contribution in [-0.2, 0) is 28.2 Å². The molecule has 0 aromatic rings. The summed E-state index contributed by atoms with van der Waals surface area (Å²) in [5, 5.41) is 0. The van der Waals surface area contributed by atoms with Crippen molar-refractivity contribution in [1.29, 1.82) is 0 Å². The second kappa shape index (κ2) is 7.78. The minimum absolute atomic E-state index is 0.264. The number of methoxy groups -OCH3 is 1. The monoisotopic (exact) mass is 330 g/mol. The van der Waals surface area contributed by atoms with Gasteiger partial charge in [-0.3, -0.25) is 9.59 Å². The summed E-state index contributed by atoms with van der Waals surface area (Å²) >= 11 is 0. The zero-order valence-electron chi connectivity index (χ0n) is 14.2. The summed E-state index contributed by atoms with van der Waals surface area (Å²) in [4.78, 5) is 23.6. The van der Waals surface area contributed by atoms with Gasteiger partial charge in [-0.05, 0) is 32.6 Å². The molecule has 1 aliphatic carbocycles. The van der Waals surface area contributed by atoms with E-state index in [1.54, 1.807) is 13.0 Å². The highest BCUT2D eigenvalue weighted by molar-refractivity contribution is 6.70. The first-order chi connectivity index (χ1) is 10.2. The van der Waals surface area contributed by atoms with Gasteiger partial charge in [0.25, 0.3) is 0 Å². The van der Waals surface area contributed by atoms with Crippen LogP contribution in [-0.4, -0.2) is 46.2 Å². The van der Waals surface area contributed by atoms with E-state index in [2.05, 4.69) is 19.6 Å². The number of esters is 2. The van der Waals surface area contributed by atoms with Gasteiger partial charge in [-0.2, -0.15) is 0 Å². The van der Waals surface area contributed by atoms with E-state index >= 15 is 0 Å². The first kappa shape index (κ1) is 18.7. The highest BCUT2D eigenvalue weighted by Crippen LogP contribution is 2.32. The van der Waals surface area contributed by atoms with Crippen LogP contribution in [0.15, 0.2) is 11.8 Å². The lowest BCUT2D eigenvalue weighted by Crippen LogP contribution is -2.45. The third-order valence-electron chi connectivity index (χ3n) is 3.09. The minimum atomic E-state index is -1.80. The third-order valence-corrected chi connectivity index (χ3v) is 3.97. The van der Waals surface area contributed by atoms with E-state index in [-0.39, 0.29) is 6.61 Å². The summed E-state index contributed by atoms with van der Waals surface area (Å²) in [6.07, 6.45) is 0.967. The van der Waals surface area contributed by atoms with Crippen LogP contribution in [0.5, 0.6) is 0 Å². The standard InChI is InChI=1S/C15H26O6Si/c1-7-19-15(17)14-12(18-3)8-11(21-22(4,5)6)9-13(14)20-10(2)16/h8,12-14H,7,9H2,1-6H3/t12-,13+,14+/m0/s1. The highest BCUT2D eigenvalue weighted by atomic mass is 28.4. The molecule has 22 heavy (non-hydrogen) atoms. The van der Waals surface area contributed by atoms with Crippen molar-refractivity contribution >= 4 is 20.3 Å². The molecular weight excluding hydrogens is 304 g/mol. The van der Waals surface area contributed by atoms with Gasteiger partial charge in [-0.15, -0.1) is 0 Å². The van der Waals surface area contributed by atoms with E-state index in [0.29, 0.717) is 12.2 Å². The van der Waals surface area contributed by atoms with Crippen LogP contribution in [0.4, 0.5) is 0 Å². The molecule has 7 heteroatoms. The summed E-state index contributed by atoms with van der Waals surface area (Å²) < 4.78 is 21.8. The molecule has 0 saturated carbocycles. The van der Waals surface area contributed by atoms with E-state index in [4.69, 9.17) is 18.6 Å². The van der Waals surface area contributed by atoms with Crippen LogP contribution >= 0.6 is 0 Å². The molecule has 0 aromatic carbocycles. The van der Waals surface area contributed by atoms with Gasteiger partial charge in [0.05, 0.1) is 18.5 Å². The summed E-state index contributed by atoms with van der Waals surface area (Å²) in [7, 11) is -0.292. The van der Waals surface area contributed by atoms with Crippen molar-refractivity contribution < 1.29 is 28.2 Å². The lowest BCUT2D eigenvalue weighted by Gasteiger charge is -2.35. The largest absolute Gasteiger partial charge is 0.547 e. The summed E-state index contributed by atoms with van der Waals surface area (Å²) in [5.41, 5.74) is 0. The Morgan fingerprint density at radius 3 is 2.41 bits per heavy atom. The molecule has 0 saturated heterocycles. The fourth-order valence-corrected chi connectivity index (χ4v) is 3.37. The van der Waals surface area contributed by atoms with Gasteiger partial charge in [0, 0.05) is 20.5 Å². The van der Waals surface area contributed by atoms with Crippen LogP contribution < -0.4 is 0 Å². The topological polar surface area (TPSA) is 71.1 Å². The van der Waals surface area contributed by atoms with Gasteiger partial charge >= 0.3 is 11.9 Å². The lowest BCUT2D eigenvalue weighted by atomic mass is 9.87. The number of carbonyl (C=O) groups is 2. The second-order valence-corrected chi connectivity index (χ2v) is 10.6. The molecule has 6 nitrogen and oxygen atoms in total. The summed E-state index contributed by atoms with van der Waals surface area (Å²) in [5.74, 6) is -0.840. The molecular formula is C15H26O6Si. The molecule has 1 aliphatic rings. The first-order valence-electron chi connectivity index (χ1n) is 7.44. The van der Waals surface area contributed by atoms with Crippen molar-refractivity contribution in [3.05, 3.63) is 11.8 Å². The Balaban J connectivity index is 3.06. The molecule has 1 rings (SSSR count). The smallest absolute Gasteiger partial charge is 0.315 e. The first-order valence-corrected chi connectivity index (χ1v) is 10.8. The van der Waals surface area contributed by atoms with E-state index < -0.39 is 38.4 Å². The van der Waals surface area contributed by atoms with Crippen LogP contribution in [0.1, 0.15) is 20.3 Å². The van der Waals surface area contributed by atoms with Crippen LogP contribution in [0.3, 0.4) is 0 Å². The maximum Gasteiger partial charge on any atom is 0.315 e. The van der Waals surface area contributed by atoms with E-state index in [1.165, 1.54) is 14.0 Å². The molecule has 0 unspecified atom stereocenters. The van der Waals surface area contributed by atoms with E-state index in [1.807, 2.05) is 0 Å². The minimum Gasteiger partial charge on any atom is -0.547 e. The average molecular weight is 330 g/mol. The number of rotatable bonds is 6. The van der Waals surface area contributed by atoms with Gasteiger partial charge in [-0.25, -0.2) is 0 Å². The molecule has 0 aliphatic heterocycles. The SMILES string of the molecule is CCOC(=O)[C@@H]1[C@@H](OC)C=C(O[Si](C)(C)C)C[C@H]1OC(C)=O. The number of hydrogen-bond donors (Lipinski definition) is 0. The molecule has 0 fully saturated rings. The molecule has 0 heterocycles. The number of ether oxygens (including phenoxy) is 3. The molecule has 0 spiro atoms. The maximum atomic E-state index is 12.2. The molecule has 3 atom stereocenters. The fraction of sp³-hybridized carbons (Fsp3) is 0.733. The highest BCUT2D eigenvalue weighted by Gasteiger charge is 2.43. The van der Waals surface area contributed by atoms with Gasteiger partial charge in [0.15, 0.2) is 0 Å². The van der Waals surface area contributed by atoms with Crippen LogP contribution in [0.25, 0.3) is 0 Å². The van der Waals surface area contributed by atoms with Gasteiger partial charge < -0.3 is 18.6 Å². The second-order valence-electron chi connectivity index (χ2n) is 6.18. The Morgan fingerprint density at radius 2 is 1.95 bits per heavy atom. The van der Waals surface area contributed by atoms with Crippen molar-refractivity contribution in [2.24, 2.45) is 5.92 Å². The average Bonchev–Trinajstić information content (AvgIpc) is 2.35. The van der Waals surface area contributed by atoms with E-state index in [0.717, 1.165) is 0 Å². The van der Waals surface area contributed by atoms with Crippen molar-refractivity contribution in [1.82, 2.24) is 0 Å². The number of carbonyl (C=O) groups excluding carboxylic acids is 2. The Morgan fingerprint density at radius 1 is 1.32 bits per heavy atom. The molecule has 0 aromatic heterocycles.